The third-order valence-electron chi connectivity index (χ3n) is 7.85. The Hall–Kier alpha value is -6.04. The molecule has 1 heterocycles. The second-order valence-corrected chi connectivity index (χ2v) is 14.0. The van der Waals surface area contributed by atoms with Crippen molar-refractivity contribution in [2.24, 2.45) is 0 Å². The number of nitrogens with one attached hydrogen (secondary N) is 1. The van der Waals surface area contributed by atoms with Crippen LogP contribution in [0.2, 0.25) is 0 Å². The van der Waals surface area contributed by atoms with Gasteiger partial charge < -0.3 is 15.5 Å². The van der Waals surface area contributed by atoms with Gasteiger partial charge in [-0.05, 0) is 72.5 Å². The Morgan fingerprint density at radius 3 is 1.70 bits per heavy atom. The molecule has 18 heteroatoms. The van der Waals surface area contributed by atoms with Gasteiger partial charge in [-0.2, -0.15) is 26.3 Å². The van der Waals surface area contributed by atoms with Crippen molar-refractivity contribution in [1.29, 1.82) is 0 Å². The number of sulfone groups is 1. The summed E-state index contributed by atoms with van der Waals surface area (Å²) in [5, 5.41) is -0.297. The first-order valence-electron chi connectivity index (χ1n) is 15.3. The summed E-state index contributed by atoms with van der Waals surface area (Å²) in [5.41, 5.74) is 0.381. The minimum atomic E-state index is -4.83. The molecule has 0 atom stereocenters. The number of hydrogen-bond donors (Lipinski definition) is 2. The molecule has 0 amide bonds. The summed E-state index contributed by atoms with van der Waals surface area (Å²) in [6, 6.07) is 14.5. The van der Waals surface area contributed by atoms with Crippen molar-refractivity contribution in [2.45, 2.75) is 32.1 Å². The number of ketones is 2. The van der Waals surface area contributed by atoms with Gasteiger partial charge in [-0.15, -0.1) is 0 Å². The van der Waals surface area contributed by atoms with E-state index in [1.807, 2.05) is 0 Å². The number of Topliss-reactive ketones (excluding diaryl/α,β-unsaturated/α-hetero) is 2. The number of H-pyrrole nitrogens is 1. The van der Waals surface area contributed by atoms with Crippen LogP contribution >= 0.6 is 0 Å². The van der Waals surface area contributed by atoms with Crippen molar-refractivity contribution < 1.29 is 53.9 Å². The smallest absolute Gasteiger partial charge is 0.417 e. The van der Waals surface area contributed by atoms with Crippen LogP contribution in [-0.2, 0) is 32.8 Å². The lowest BCUT2D eigenvalue weighted by Gasteiger charge is -2.16. The number of methoxy groups -OCH3 is 1. The average molecular weight is 778 g/mol. The summed E-state index contributed by atoms with van der Waals surface area (Å²) in [4.78, 5) is 61.7. The minimum Gasteiger partial charge on any atom is -0.465 e. The zero-order valence-corrected chi connectivity index (χ0v) is 29.4. The molecule has 4 aromatic carbocycles. The fraction of sp³-hybridized carbons (Fsp3) is 0.194. The van der Waals surface area contributed by atoms with Gasteiger partial charge in [0.1, 0.15) is 5.88 Å². The van der Waals surface area contributed by atoms with E-state index in [1.165, 1.54) is 62.4 Å². The van der Waals surface area contributed by atoms with Crippen molar-refractivity contribution in [3.8, 4) is 22.3 Å². The van der Waals surface area contributed by atoms with Gasteiger partial charge in [-0.1, -0.05) is 36.4 Å². The summed E-state index contributed by atoms with van der Waals surface area (Å²) in [6.45, 7) is 2.57. The van der Waals surface area contributed by atoms with E-state index in [4.69, 9.17) is 5.73 Å². The number of nitrogens with two attached hydrogens (primary N) is 1. The van der Waals surface area contributed by atoms with E-state index >= 15 is 0 Å². The number of anilines is 1. The molecular formula is C36H29F6N3O8S. The quantitative estimate of drug-likeness (QED) is 0.0806. The van der Waals surface area contributed by atoms with Crippen LogP contribution in [0.25, 0.3) is 33.2 Å². The fourth-order valence-electron chi connectivity index (χ4n) is 5.31. The zero-order chi connectivity index (χ0) is 40.5. The molecule has 0 unspecified atom stereocenters. The molecule has 0 aliphatic heterocycles. The maximum atomic E-state index is 13.7. The topological polar surface area (TPSA) is 175 Å². The van der Waals surface area contributed by atoms with Gasteiger partial charge >= 0.3 is 24.0 Å². The van der Waals surface area contributed by atoms with Gasteiger partial charge in [-0.3, -0.25) is 14.4 Å². The Kier molecular flexibility index (Phi) is 11.4. The molecule has 11 nitrogen and oxygen atoms in total. The van der Waals surface area contributed by atoms with Crippen molar-refractivity contribution >= 4 is 44.0 Å². The molecule has 0 aliphatic rings. The molecule has 0 spiro atoms. The molecule has 0 radical (unpaired) electrons. The summed E-state index contributed by atoms with van der Waals surface area (Å²) < 4.78 is 109. The molecule has 1 aromatic heterocycles. The normalized spacial score (nSPS) is 11.8. The van der Waals surface area contributed by atoms with Crippen LogP contribution in [0.5, 0.6) is 0 Å². The van der Waals surface area contributed by atoms with E-state index in [0.717, 1.165) is 25.5 Å². The number of halogens is 6. The minimum absolute atomic E-state index is 0.0391. The van der Waals surface area contributed by atoms with E-state index in [-0.39, 0.29) is 67.1 Å². The first kappa shape index (κ1) is 40.7. The maximum absolute atomic E-state index is 13.7. The second-order valence-electron chi connectivity index (χ2n) is 11.9. The molecular weight excluding hydrogens is 748 g/mol. The highest BCUT2D eigenvalue weighted by atomic mass is 32.2. The molecule has 0 bridgehead atoms. The number of benzene rings is 4. The number of alkyl halides is 6. The Labute approximate surface area is 301 Å². The van der Waals surface area contributed by atoms with Crippen LogP contribution in [0, 0.1) is 0 Å². The monoisotopic (exact) mass is 777 g/mol. The van der Waals surface area contributed by atoms with Crippen LogP contribution in [0.3, 0.4) is 0 Å². The second kappa shape index (κ2) is 15.1. The number of rotatable bonds is 7. The highest BCUT2D eigenvalue weighted by molar-refractivity contribution is 7.89. The number of aromatic nitrogens is 2. The predicted molar refractivity (Wildman–Crippen MR) is 187 cm³/mol. The van der Waals surface area contributed by atoms with Crippen molar-refractivity contribution in [3.63, 3.8) is 0 Å². The van der Waals surface area contributed by atoms with E-state index in [1.54, 1.807) is 0 Å². The first-order valence-corrected chi connectivity index (χ1v) is 17.4. The van der Waals surface area contributed by atoms with Crippen molar-refractivity contribution in [3.05, 3.63) is 121 Å². The number of aromatic amines is 1. The molecule has 5 rings (SSSR count). The largest absolute Gasteiger partial charge is 0.465 e. The molecule has 5 aromatic rings. The third kappa shape index (κ3) is 9.11. The first-order chi connectivity index (χ1) is 24.9. The summed E-state index contributed by atoms with van der Waals surface area (Å²) in [5.74, 6) is -2.40. The van der Waals surface area contributed by atoms with Gasteiger partial charge in [0, 0.05) is 23.1 Å². The van der Waals surface area contributed by atoms with E-state index in [0.29, 0.717) is 16.7 Å². The lowest BCUT2D eigenvalue weighted by atomic mass is 9.94. The van der Waals surface area contributed by atoms with Crippen molar-refractivity contribution in [1.82, 2.24) is 9.55 Å². The molecule has 284 valence electrons. The molecule has 0 saturated carbocycles. The summed E-state index contributed by atoms with van der Waals surface area (Å²) in [7, 11) is -2.67. The number of carbonyl (C=O) groups excluding carboxylic acids is 3. The van der Waals surface area contributed by atoms with Crippen molar-refractivity contribution in [2.75, 3.05) is 19.1 Å². The van der Waals surface area contributed by atoms with Gasteiger partial charge in [0.25, 0.3) is 5.56 Å². The SMILES string of the molecule is CC(=O)c1cccc(-c2cc3c(=O)n(CS(C)(=O)=O)c(=O)[nH]c3cc2C(F)(F)F)c1.COC(=O)c1cc(-c2cccc(C(C)=O)c2)c(C(F)(F)F)cc1N. The zero-order valence-electron chi connectivity index (χ0n) is 28.6. The number of nitrogens with zero attached hydrogens (tertiary/aromatic N) is 1. The third-order valence-corrected chi connectivity index (χ3v) is 8.58. The Morgan fingerprint density at radius 1 is 0.778 bits per heavy atom. The van der Waals surface area contributed by atoms with Gasteiger partial charge in [0.05, 0.1) is 34.7 Å². The number of nitrogen functional groups attached to an aromatic ring is 1. The Bertz CT molecular complexity index is 2560. The van der Waals surface area contributed by atoms with Gasteiger partial charge in [0.2, 0.25) is 0 Å². The van der Waals surface area contributed by atoms with Gasteiger partial charge in [-0.25, -0.2) is 22.6 Å². The van der Waals surface area contributed by atoms with Crippen LogP contribution < -0.4 is 17.0 Å². The summed E-state index contributed by atoms with van der Waals surface area (Å²) in [6.07, 6.45) is -8.69. The number of fused-ring (bicyclic) bond motifs is 1. The lowest BCUT2D eigenvalue weighted by Crippen LogP contribution is -2.37. The van der Waals surface area contributed by atoms with E-state index in [2.05, 4.69) is 9.72 Å². The highest BCUT2D eigenvalue weighted by Gasteiger charge is 2.36. The fourth-order valence-corrected chi connectivity index (χ4v) is 6.02. The Morgan fingerprint density at radius 2 is 1.26 bits per heavy atom. The summed E-state index contributed by atoms with van der Waals surface area (Å²) >= 11 is 0. The number of carbonyl (C=O) groups is 3. The predicted octanol–water partition coefficient (Wildman–Crippen LogP) is 6.52. The molecule has 3 N–H and O–H groups in total. The molecule has 54 heavy (non-hydrogen) atoms. The molecule has 0 saturated heterocycles. The highest BCUT2D eigenvalue weighted by Crippen LogP contribution is 2.41. The standard InChI is InChI=1S/C19H15F3N2O5S.C17H14F3NO3/c1-10(25)11-4-3-5-12(6-11)13-7-14-16(8-15(13)19(20,21)22)23-18(27)24(17(14)26)9-30(2,28)29;1-9(22)10-4-3-5-11(6-10)12-7-13(16(23)24-2)15(21)8-14(12)17(18,19)20/h3-8H,9H2,1-2H3,(H,23,27);3-8H,21H2,1-2H3. The van der Waals surface area contributed by atoms with E-state index < -0.39 is 56.4 Å². The molecule has 0 aliphatic carbocycles. The van der Waals surface area contributed by atoms with Crippen LogP contribution in [0.4, 0.5) is 32.0 Å². The number of ether oxygens (including phenoxy) is 1. The number of esters is 1. The Balaban J connectivity index is 0.000000247. The lowest BCUT2D eigenvalue weighted by molar-refractivity contribution is -0.137. The van der Waals surface area contributed by atoms with Crippen LogP contribution in [-0.4, -0.2) is 48.9 Å². The van der Waals surface area contributed by atoms with Crippen LogP contribution in [0.1, 0.15) is 56.0 Å². The van der Waals surface area contributed by atoms with E-state index in [9.17, 15) is 58.7 Å². The maximum Gasteiger partial charge on any atom is 0.417 e. The van der Waals surface area contributed by atoms with Gasteiger partial charge in [0.15, 0.2) is 21.4 Å². The van der Waals surface area contributed by atoms with Crippen LogP contribution in [0.15, 0.2) is 82.4 Å². The average Bonchev–Trinajstić information content (AvgIpc) is 3.08. The number of hydrogen-bond acceptors (Lipinski definition) is 9. The molecule has 0 fully saturated rings.